The van der Waals surface area contributed by atoms with Crippen LogP contribution in [0.5, 0.6) is 0 Å². The number of benzene rings is 2. The van der Waals surface area contributed by atoms with Gasteiger partial charge in [0.2, 0.25) is 10.0 Å². The largest absolute Gasteiger partial charge is 0.391 e. The number of hydrogen-bond acceptors (Lipinski definition) is 6. The molecule has 0 saturated carbocycles. The van der Waals surface area contributed by atoms with Crippen molar-refractivity contribution in [2.75, 3.05) is 57.9 Å². The number of β-amino-alcohol motifs (C(OH)–C–C–N with tert-alkyl or cyclic N) is 1. The Labute approximate surface area is 206 Å². The van der Waals surface area contributed by atoms with Gasteiger partial charge in [-0.25, -0.2) is 8.42 Å². The summed E-state index contributed by atoms with van der Waals surface area (Å²) in [4.78, 5) is 8.19. The van der Waals surface area contributed by atoms with Crippen LogP contribution in [0.3, 0.4) is 0 Å². The third-order valence-corrected chi connectivity index (χ3v) is 9.84. The lowest BCUT2D eigenvalue weighted by Crippen LogP contribution is -2.77. The zero-order valence-corrected chi connectivity index (χ0v) is 20.8. The molecule has 0 bridgehead atoms. The van der Waals surface area contributed by atoms with E-state index in [1.165, 1.54) is 0 Å². The number of aliphatic hydroxyl groups excluding tert-OH is 1. The maximum absolute atomic E-state index is 13.8. The molecule has 3 saturated heterocycles. The molecule has 3 aliphatic rings. The predicted octanol–water partition coefficient (Wildman–Crippen LogP) is 2.50. The van der Waals surface area contributed by atoms with Crippen molar-refractivity contribution in [3.63, 3.8) is 0 Å². The molecule has 0 aliphatic carbocycles. The third-order valence-electron chi connectivity index (χ3n) is 7.84. The van der Waals surface area contributed by atoms with Gasteiger partial charge in [0.1, 0.15) is 0 Å². The third kappa shape index (κ3) is 3.86. The normalized spacial score (nSPS) is 22.6. The molecule has 2 N–H and O–H groups in total. The zero-order valence-electron chi connectivity index (χ0n) is 20.0. The van der Waals surface area contributed by atoms with Crippen LogP contribution < -0.4 is 4.90 Å². The number of methoxy groups -OCH3 is 1. The van der Waals surface area contributed by atoms with Gasteiger partial charge in [0.15, 0.2) is 0 Å². The van der Waals surface area contributed by atoms with Crippen LogP contribution in [0, 0.1) is 0 Å². The highest BCUT2D eigenvalue weighted by Crippen LogP contribution is 2.44. The number of nitrogens with zero attached hydrogens (tertiary/aromatic N) is 3. The standard InChI is InChI=1S/C26H32N4O4S/c1-34-13-12-28-17-26(18-28)9-11-30(26)35(32,33)21-6-7-25(29-10-8-20(31)16-29)22(15-21)24-14-19-4-2-3-5-23(19)27-24/h2-7,14-15,20,27,31H,8-13,16-18H2,1H3/t20-/m0/s1. The quantitative estimate of drug-likeness (QED) is 0.523. The van der Waals surface area contributed by atoms with Gasteiger partial charge in [-0.15, -0.1) is 0 Å². The summed E-state index contributed by atoms with van der Waals surface area (Å²) in [6.45, 7) is 4.85. The van der Waals surface area contributed by atoms with E-state index < -0.39 is 10.0 Å². The average molecular weight is 497 g/mol. The average Bonchev–Trinajstić information content (AvgIpc) is 3.43. The number of nitrogens with one attached hydrogen (secondary N) is 1. The number of para-hydroxylation sites is 1. The number of ether oxygens (including phenoxy) is 1. The van der Waals surface area contributed by atoms with Crippen molar-refractivity contribution in [3.8, 4) is 11.3 Å². The number of aromatic amines is 1. The van der Waals surface area contributed by atoms with Crippen LogP contribution >= 0.6 is 0 Å². The van der Waals surface area contributed by atoms with E-state index in [2.05, 4.69) is 20.9 Å². The van der Waals surface area contributed by atoms with Crippen LogP contribution in [-0.2, 0) is 14.8 Å². The van der Waals surface area contributed by atoms with Gasteiger partial charge in [-0.05, 0) is 43.2 Å². The first-order valence-corrected chi connectivity index (χ1v) is 13.7. The molecular formula is C26H32N4O4S. The lowest BCUT2D eigenvalue weighted by molar-refractivity contribution is -0.0785. The van der Waals surface area contributed by atoms with E-state index in [1.54, 1.807) is 17.5 Å². The Hall–Kier alpha value is -2.43. The minimum Gasteiger partial charge on any atom is -0.391 e. The molecule has 1 aromatic heterocycles. The van der Waals surface area contributed by atoms with Crippen LogP contribution in [0.4, 0.5) is 5.69 Å². The molecule has 3 aromatic rings. The summed E-state index contributed by atoms with van der Waals surface area (Å²) in [5.41, 5.74) is 3.40. The molecule has 4 heterocycles. The van der Waals surface area contributed by atoms with Gasteiger partial charge < -0.3 is 19.7 Å². The Morgan fingerprint density at radius 3 is 2.66 bits per heavy atom. The molecule has 0 radical (unpaired) electrons. The molecule has 2 aromatic carbocycles. The number of hydrogen-bond donors (Lipinski definition) is 2. The van der Waals surface area contributed by atoms with Crippen LogP contribution in [0.15, 0.2) is 53.4 Å². The summed E-state index contributed by atoms with van der Waals surface area (Å²) in [6.07, 6.45) is 1.24. The van der Waals surface area contributed by atoms with Gasteiger partial charge in [0, 0.05) is 74.2 Å². The van der Waals surface area contributed by atoms with Gasteiger partial charge in [0.05, 0.1) is 23.1 Å². The molecule has 0 unspecified atom stereocenters. The number of aromatic nitrogens is 1. The highest BCUT2D eigenvalue weighted by Gasteiger charge is 2.57. The summed E-state index contributed by atoms with van der Waals surface area (Å²) in [7, 11) is -1.95. The van der Waals surface area contributed by atoms with Gasteiger partial charge >= 0.3 is 0 Å². The van der Waals surface area contributed by atoms with Gasteiger partial charge in [-0.3, -0.25) is 4.90 Å². The fourth-order valence-corrected chi connectivity index (χ4v) is 7.66. The van der Waals surface area contributed by atoms with Crippen LogP contribution in [0.1, 0.15) is 12.8 Å². The van der Waals surface area contributed by atoms with Crippen molar-refractivity contribution in [1.82, 2.24) is 14.2 Å². The topological polar surface area (TPSA) is 89.1 Å². The molecule has 1 spiro atoms. The second-order valence-electron chi connectivity index (χ2n) is 10.1. The highest BCUT2D eigenvalue weighted by atomic mass is 32.2. The van der Waals surface area contributed by atoms with Crippen LogP contribution in [-0.4, -0.2) is 92.3 Å². The number of anilines is 1. The van der Waals surface area contributed by atoms with Gasteiger partial charge in [-0.1, -0.05) is 18.2 Å². The minimum absolute atomic E-state index is 0.286. The molecule has 3 fully saturated rings. The Bertz CT molecular complexity index is 1320. The van der Waals surface area contributed by atoms with E-state index in [0.29, 0.717) is 31.0 Å². The first-order chi connectivity index (χ1) is 16.9. The second kappa shape index (κ2) is 8.60. The molecule has 3 aliphatic heterocycles. The van der Waals surface area contributed by atoms with Gasteiger partial charge in [0.25, 0.3) is 0 Å². The lowest BCUT2D eigenvalue weighted by Gasteiger charge is -2.61. The Morgan fingerprint density at radius 1 is 1.14 bits per heavy atom. The fourth-order valence-electron chi connectivity index (χ4n) is 5.85. The number of aliphatic hydroxyl groups is 1. The molecule has 0 amide bonds. The molecule has 8 nitrogen and oxygen atoms in total. The Morgan fingerprint density at radius 2 is 1.97 bits per heavy atom. The van der Waals surface area contributed by atoms with Crippen LogP contribution in [0.2, 0.25) is 0 Å². The highest BCUT2D eigenvalue weighted by molar-refractivity contribution is 7.89. The smallest absolute Gasteiger partial charge is 0.243 e. The van der Waals surface area contributed by atoms with E-state index in [1.807, 2.05) is 36.4 Å². The van der Waals surface area contributed by atoms with Crippen molar-refractivity contribution in [3.05, 3.63) is 48.5 Å². The van der Waals surface area contributed by atoms with E-state index in [4.69, 9.17) is 4.74 Å². The predicted molar refractivity (Wildman–Crippen MR) is 136 cm³/mol. The second-order valence-corrected chi connectivity index (χ2v) is 12.0. The maximum atomic E-state index is 13.8. The van der Waals surface area contributed by atoms with E-state index in [0.717, 1.165) is 60.4 Å². The van der Waals surface area contributed by atoms with E-state index in [9.17, 15) is 13.5 Å². The minimum atomic E-state index is -3.63. The van der Waals surface area contributed by atoms with Crippen LogP contribution in [0.25, 0.3) is 22.2 Å². The summed E-state index contributed by atoms with van der Waals surface area (Å²) in [5.74, 6) is 0. The summed E-state index contributed by atoms with van der Waals surface area (Å²) in [6, 6.07) is 15.6. The van der Waals surface area contributed by atoms with Crippen molar-refractivity contribution >= 4 is 26.6 Å². The molecule has 186 valence electrons. The monoisotopic (exact) mass is 496 g/mol. The van der Waals surface area contributed by atoms with Crippen molar-refractivity contribution in [2.24, 2.45) is 0 Å². The number of fused-ring (bicyclic) bond motifs is 1. The number of sulfonamides is 1. The SMILES string of the molecule is COCCN1CC2(CCN2S(=O)(=O)c2ccc(N3CC[C@H](O)C3)c(-c3cc4ccccc4[nH]3)c2)C1. The van der Waals surface area contributed by atoms with Crippen molar-refractivity contribution < 1.29 is 18.3 Å². The fraction of sp³-hybridized carbons (Fsp3) is 0.462. The van der Waals surface area contributed by atoms with Crippen molar-refractivity contribution in [1.29, 1.82) is 0 Å². The van der Waals surface area contributed by atoms with E-state index in [-0.39, 0.29) is 11.6 Å². The summed E-state index contributed by atoms with van der Waals surface area (Å²) >= 11 is 0. The van der Waals surface area contributed by atoms with E-state index >= 15 is 0 Å². The zero-order chi connectivity index (χ0) is 24.2. The first kappa shape index (κ1) is 23.0. The first-order valence-electron chi connectivity index (χ1n) is 12.3. The lowest BCUT2D eigenvalue weighted by atomic mass is 9.80. The number of likely N-dealkylation sites (tertiary alicyclic amines) is 1. The molecule has 9 heteroatoms. The van der Waals surface area contributed by atoms with Crippen molar-refractivity contribution in [2.45, 2.75) is 29.4 Å². The molecular weight excluding hydrogens is 464 g/mol. The summed E-state index contributed by atoms with van der Waals surface area (Å²) in [5, 5.41) is 11.2. The Balaban J connectivity index is 1.35. The summed E-state index contributed by atoms with van der Waals surface area (Å²) < 4.78 is 34.5. The number of H-pyrrole nitrogens is 1. The molecule has 35 heavy (non-hydrogen) atoms. The Kier molecular flexibility index (Phi) is 5.65. The van der Waals surface area contributed by atoms with Gasteiger partial charge in [-0.2, -0.15) is 4.31 Å². The maximum Gasteiger partial charge on any atom is 0.243 e. The number of rotatable bonds is 7. The molecule has 1 atom stereocenters. The molecule has 6 rings (SSSR count).